The van der Waals surface area contributed by atoms with Crippen molar-refractivity contribution in [3.8, 4) is 34.2 Å². The number of benzene rings is 3. The fraction of sp³-hybridized carbons (Fsp3) is 0. The molecule has 0 amide bonds. The monoisotopic (exact) mass is 489 g/mol. The van der Waals surface area contributed by atoms with Crippen molar-refractivity contribution in [1.29, 1.82) is 0 Å². The van der Waals surface area contributed by atoms with Crippen LogP contribution in [0.3, 0.4) is 0 Å². The van der Waals surface area contributed by atoms with Gasteiger partial charge in [0.1, 0.15) is 118 Å². The van der Waals surface area contributed by atoms with E-state index < -0.39 is 0 Å². The molecular formula is C21H30B15N3. The number of aromatic nitrogens is 3. The van der Waals surface area contributed by atoms with Gasteiger partial charge in [-0.05, 0) is 0 Å². The molecule has 0 saturated heterocycles. The van der Waals surface area contributed by atoms with Crippen LogP contribution in [0.2, 0.25) is 0 Å². The van der Waals surface area contributed by atoms with Crippen molar-refractivity contribution in [3.05, 3.63) is 0 Å². The number of hydrogen-bond acceptors (Lipinski definition) is 3. The maximum absolute atomic E-state index is 5.27. The molecule has 0 spiro atoms. The van der Waals surface area contributed by atoms with Gasteiger partial charge in [-0.25, -0.2) is 15.0 Å². The van der Waals surface area contributed by atoms with E-state index in [2.05, 4.69) is 118 Å². The van der Waals surface area contributed by atoms with Gasteiger partial charge in [0.25, 0.3) is 0 Å². The lowest BCUT2D eigenvalue weighted by Crippen LogP contribution is -2.56. The predicted molar refractivity (Wildman–Crippen MR) is 219 cm³/mol. The van der Waals surface area contributed by atoms with Crippen LogP contribution in [0.5, 0.6) is 0 Å². The van der Waals surface area contributed by atoms with E-state index >= 15 is 0 Å². The maximum atomic E-state index is 5.27. The molecule has 0 unspecified atom stereocenters. The molecule has 3 aromatic carbocycles. The summed E-state index contributed by atoms with van der Waals surface area (Å²) in [5.41, 5.74) is 22.7. The first-order valence-electron chi connectivity index (χ1n) is 14.1. The van der Waals surface area contributed by atoms with Gasteiger partial charge in [-0.3, -0.25) is 0 Å². The molecule has 0 aliphatic heterocycles. The summed E-state index contributed by atoms with van der Waals surface area (Å²) in [7, 11) is 33.2. The van der Waals surface area contributed by atoms with Crippen molar-refractivity contribution >= 4 is 200 Å². The van der Waals surface area contributed by atoms with Gasteiger partial charge in [-0.15, -0.1) is 49.2 Å². The summed E-state index contributed by atoms with van der Waals surface area (Å²) in [6.45, 7) is 0. The van der Waals surface area contributed by atoms with Gasteiger partial charge >= 0.3 is 0 Å². The van der Waals surface area contributed by atoms with Crippen LogP contribution in [0, 0.1) is 0 Å². The molecule has 0 bridgehead atoms. The van der Waals surface area contributed by atoms with Crippen LogP contribution in [0.1, 0.15) is 0 Å². The Bertz CT molecular complexity index is 1420. The second-order valence-electron chi connectivity index (χ2n) is 11.8. The van der Waals surface area contributed by atoms with E-state index in [-0.39, 0.29) is 0 Å². The number of hydrogen-bond donors (Lipinski definition) is 0. The van der Waals surface area contributed by atoms with Crippen molar-refractivity contribution in [2.75, 3.05) is 0 Å². The second kappa shape index (κ2) is 10.6. The van der Waals surface area contributed by atoms with Crippen LogP contribution >= 0.6 is 0 Å². The van der Waals surface area contributed by atoms with E-state index in [9.17, 15) is 0 Å². The first kappa shape index (κ1) is 29.6. The fourth-order valence-electron chi connectivity index (χ4n) is 6.22. The molecule has 1 heterocycles. The van der Waals surface area contributed by atoms with Gasteiger partial charge in [0.2, 0.25) is 0 Å². The molecule has 1 aromatic heterocycles. The highest BCUT2D eigenvalue weighted by Crippen LogP contribution is 2.19. The molecular weight excluding hydrogens is 456 g/mol. The Kier molecular flexibility index (Phi) is 8.02. The number of rotatable bonds is 3. The van der Waals surface area contributed by atoms with Crippen molar-refractivity contribution in [1.82, 2.24) is 15.0 Å². The maximum Gasteiger partial charge on any atom is 0.162 e. The highest BCUT2D eigenvalue weighted by molar-refractivity contribution is 6.71. The van der Waals surface area contributed by atoms with Gasteiger partial charge in [-0.2, -0.15) is 0 Å². The Morgan fingerprint density at radius 2 is 0.333 bits per heavy atom. The van der Waals surface area contributed by atoms with Gasteiger partial charge in [0, 0.05) is 16.7 Å². The lowest BCUT2D eigenvalue weighted by Gasteiger charge is -2.23. The van der Waals surface area contributed by atoms with Crippen LogP contribution in [0.25, 0.3) is 34.2 Å². The van der Waals surface area contributed by atoms with Crippen molar-refractivity contribution in [3.63, 3.8) is 0 Å². The Hall–Kier alpha value is -2.36. The van der Waals surface area contributed by atoms with E-state index in [0.29, 0.717) is 0 Å². The minimum Gasteiger partial charge on any atom is -0.208 e. The van der Waals surface area contributed by atoms with Crippen molar-refractivity contribution in [2.45, 2.75) is 0 Å². The summed E-state index contributed by atoms with van der Waals surface area (Å²) < 4.78 is 0. The summed E-state index contributed by atoms with van der Waals surface area (Å²) in [5.74, 6) is 2.29. The Balaban J connectivity index is 2.22. The average Bonchev–Trinajstić information content (AvgIpc) is 2.91. The molecule has 3 nitrogen and oxygen atoms in total. The Morgan fingerprint density at radius 1 is 0.205 bits per heavy atom. The van der Waals surface area contributed by atoms with Gasteiger partial charge in [0.15, 0.2) is 17.5 Å². The van der Waals surface area contributed by atoms with Gasteiger partial charge < -0.3 is 0 Å². The van der Waals surface area contributed by atoms with Gasteiger partial charge in [0.05, 0.1) is 0 Å². The van der Waals surface area contributed by atoms with Crippen LogP contribution in [0.15, 0.2) is 0 Å². The summed E-state index contributed by atoms with van der Waals surface area (Å²) >= 11 is 0. The summed E-state index contributed by atoms with van der Waals surface area (Å²) in [5, 5.41) is 0. The summed E-state index contributed by atoms with van der Waals surface area (Å²) in [6, 6.07) is 0. The molecule has 0 saturated carbocycles. The average molecular weight is 487 g/mol. The highest BCUT2D eigenvalue weighted by atomic mass is 15.0. The molecule has 39 heavy (non-hydrogen) atoms. The lowest BCUT2D eigenvalue weighted by molar-refractivity contribution is 1.08. The molecule has 18 heteroatoms. The third-order valence-corrected chi connectivity index (χ3v) is 10.3. The third-order valence-electron chi connectivity index (χ3n) is 10.3. The topological polar surface area (TPSA) is 38.7 Å². The molecule has 0 aliphatic rings. The minimum atomic E-state index is 0.764. The van der Waals surface area contributed by atoms with Gasteiger partial charge in [-0.1, -0.05) is 32.8 Å². The predicted octanol–water partition coefficient (Wildman–Crippen LogP) is -21.3. The lowest BCUT2D eigenvalue weighted by atomic mass is 9.60. The van der Waals surface area contributed by atoms with E-state index in [4.69, 9.17) is 15.0 Å². The summed E-state index contributed by atoms with van der Waals surface area (Å²) in [4.78, 5) is 15.8. The minimum absolute atomic E-state index is 0.764. The highest BCUT2D eigenvalue weighted by Gasteiger charge is 2.23. The van der Waals surface area contributed by atoms with Crippen LogP contribution in [0.4, 0.5) is 0 Å². The molecule has 0 N–H and O–H groups in total. The van der Waals surface area contributed by atoms with E-state index in [1.165, 1.54) is 81.9 Å². The van der Waals surface area contributed by atoms with E-state index in [0.717, 1.165) is 34.2 Å². The van der Waals surface area contributed by atoms with Crippen LogP contribution in [-0.4, -0.2) is 133 Å². The Labute approximate surface area is 248 Å². The zero-order valence-corrected chi connectivity index (χ0v) is 26.8. The zero-order chi connectivity index (χ0) is 29.2. The molecule has 0 fully saturated rings. The zero-order valence-electron chi connectivity index (χ0n) is 26.8. The fourth-order valence-corrected chi connectivity index (χ4v) is 6.22. The molecule has 0 aliphatic carbocycles. The SMILES string of the molecule is Bc1c(B)c(B)c(-c2nc(-c3c(B)c(B)c(B)c(B)c3B)nc(-c3c(B)c(B)c(B)c(B)c3B)n2)c(B)c1B. The molecule has 0 atom stereocenters. The standard InChI is InChI=1S/C21H30B15N3/c22-4-1(5(23)11(29)16(34)10(4)28)19-37-20(2-6(24)12(30)17(35)13(31)7(2)25)39-21(38-19)3-8(26)14(32)18(36)15(33)9(3)27/h22-36H2. The quantitative estimate of drug-likeness (QED) is 0.270. The van der Waals surface area contributed by atoms with Crippen molar-refractivity contribution in [2.24, 2.45) is 0 Å². The van der Waals surface area contributed by atoms with E-state index in [1.54, 1.807) is 0 Å². The van der Waals surface area contributed by atoms with Crippen LogP contribution in [-0.2, 0) is 0 Å². The first-order valence-corrected chi connectivity index (χ1v) is 14.1. The third kappa shape index (κ3) is 4.60. The smallest absolute Gasteiger partial charge is 0.162 e. The Morgan fingerprint density at radius 3 is 0.487 bits per heavy atom. The normalized spacial score (nSPS) is 11.1. The summed E-state index contributed by atoms with van der Waals surface area (Å²) in [6.07, 6.45) is 0. The molecule has 4 aromatic rings. The molecule has 174 valence electrons. The van der Waals surface area contributed by atoms with Crippen molar-refractivity contribution < 1.29 is 0 Å². The van der Waals surface area contributed by atoms with E-state index in [1.807, 2.05) is 0 Å². The second-order valence-corrected chi connectivity index (χ2v) is 11.8. The largest absolute Gasteiger partial charge is 0.208 e. The first-order chi connectivity index (χ1) is 18.1. The molecule has 0 radical (unpaired) electrons. The number of nitrogens with zero attached hydrogens (tertiary/aromatic N) is 3. The van der Waals surface area contributed by atoms with Crippen LogP contribution < -0.4 is 81.9 Å². The molecule has 4 rings (SSSR count).